The van der Waals surface area contributed by atoms with Crippen LogP contribution < -0.4 is 0 Å². The molecule has 1 heterocycles. The Kier molecular flexibility index (Phi) is 2.05. The van der Waals surface area contributed by atoms with Crippen LogP contribution in [0.5, 0.6) is 0 Å². The van der Waals surface area contributed by atoms with E-state index in [2.05, 4.69) is 4.98 Å². The van der Waals surface area contributed by atoms with Gasteiger partial charge in [0.05, 0.1) is 5.56 Å². The molecule has 1 rings (SSSR count). The zero-order valence-electron chi connectivity index (χ0n) is 5.92. The number of carboxylic acid groups (broad SMARTS) is 1. The first kappa shape index (κ1) is 7.94. The molecule has 0 fully saturated rings. The van der Waals surface area contributed by atoms with Crippen LogP contribution in [0.3, 0.4) is 0 Å². The number of nitrogens with one attached hydrogen (secondary N) is 1. The summed E-state index contributed by atoms with van der Waals surface area (Å²) >= 11 is 4.80. The third kappa shape index (κ3) is 1.65. The van der Waals surface area contributed by atoms with Crippen LogP contribution >= 0.6 is 12.2 Å². The minimum Gasteiger partial charge on any atom is -0.478 e. The molecule has 0 unspecified atom stereocenters. The van der Waals surface area contributed by atoms with E-state index in [-0.39, 0.29) is 5.56 Å². The van der Waals surface area contributed by atoms with Crippen molar-refractivity contribution >= 4 is 18.2 Å². The number of aryl methyl sites for hydroxylation is 1. The lowest BCUT2D eigenvalue weighted by molar-refractivity contribution is 0.0695. The smallest absolute Gasteiger partial charge is 0.337 e. The zero-order valence-corrected chi connectivity index (χ0v) is 6.73. The number of aromatic amines is 1. The molecule has 0 radical (unpaired) electrons. The van der Waals surface area contributed by atoms with Gasteiger partial charge in [-0.05, 0) is 19.1 Å². The van der Waals surface area contributed by atoms with Gasteiger partial charge in [0.1, 0.15) is 4.64 Å². The van der Waals surface area contributed by atoms with Crippen LogP contribution in [-0.2, 0) is 0 Å². The van der Waals surface area contributed by atoms with Crippen molar-refractivity contribution in [3.63, 3.8) is 0 Å². The minimum atomic E-state index is -0.936. The van der Waals surface area contributed by atoms with Gasteiger partial charge in [0.25, 0.3) is 0 Å². The average Bonchev–Trinajstić information content (AvgIpc) is 1.85. The monoisotopic (exact) mass is 169 g/mol. The number of carboxylic acids is 1. The fraction of sp³-hybridized carbons (Fsp3) is 0.143. The maximum Gasteiger partial charge on any atom is 0.337 e. The second-order valence-corrected chi connectivity index (χ2v) is 2.61. The SMILES string of the molecule is Cc1[nH]c(=S)ccc1C(=O)O. The number of hydrogen-bond donors (Lipinski definition) is 2. The van der Waals surface area contributed by atoms with Gasteiger partial charge in [-0.2, -0.15) is 0 Å². The number of rotatable bonds is 1. The van der Waals surface area contributed by atoms with Gasteiger partial charge in [0, 0.05) is 5.69 Å². The number of aromatic carboxylic acids is 1. The molecule has 0 aliphatic rings. The maximum absolute atomic E-state index is 10.5. The van der Waals surface area contributed by atoms with E-state index >= 15 is 0 Å². The molecule has 0 spiro atoms. The highest BCUT2D eigenvalue weighted by Gasteiger charge is 2.04. The van der Waals surface area contributed by atoms with Crippen molar-refractivity contribution in [3.05, 3.63) is 28.0 Å². The van der Waals surface area contributed by atoms with Crippen LogP contribution in [0.25, 0.3) is 0 Å². The molecule has 58 valence electrons. The van der Waals surface area contributed by atoms with Crippen LogP contribution in [0, 0.1) is 11.6 Å². The van der Waals surface area contributed by atoms with E-state index in [9.17, 15) is 4.79 Å². The summed E-state index contributed by atoms with van der Waals surface area (Å²) in [7, 11) is 0. The fourth-order valence-corrected chi connectivity index (χ4v) is 1.03. The molecule has 0 saturated heterocycles. The number of aromatic nitrogens is 1. The second-order valence-electron chi connectivity index (χ2n) is 2.17. The number of hydrogen-bond acceptors (Lipinski definition) is 2. The topological polar surface area (TPSA) is 53.1 Å². The first-order valence-electron chi connectivity index (χ1n) is 3.04. The van der Waals surface area contributed by atoms with Gasteiger partial charge in [0.15, 0.2) is 0 Å². The minimum absolute atomic E-state index is 0.263. The lowest BCUT2D eigenvalue weighted by Gasteiger charge is -1.97. The van der Waals surface area contributed by atoms with E-state index in [4.69, 9.17) is 17.3 Å². The molecule has 0 bridgehead atoms. The Morgan fingerprint density at radius 3 is 2.73 bits per heavy atom. The Balaban J connectivity index is 3.31. The van der Waals surface area contributed by atoms with Crippen LogP contribution in [-0.4, -0.2) is 16.1 Å². The molecular weight excluding hydrogens is 162 g/mol. The van der Waals surface area contributed by atoms with Crippen molar-refractivity contribution in [2.24, 2.45) is 0 Å². The summed E-state index contributed by atoms with van der Waals surface area (Å²) in [5, 5.41) is 8.60. The molecule has 0 amide bonds. The Bertz CT molecular complexity index is 343. The highest BCUT2D eigenvalue weighted by molar-refractivity contribution is 7.71. The van der Waals surface area contributed by atoms with Gasteiger partial charge >= 0.3 is 5.97 Å². The van der Waals surface area contributed by atoms with Crippen molar-refractivity contribution in [1.29, 1.82) is 0 Å². The summed E-state index contributed by atoms with van der Waals surface area (Å²) in [5.74, 6) is -0.936. The second kappa shape index (κ2) is 2.84. The van der Waals surface area contributed by atoms with Crippen LogP contribution in [0.1, 0.15) is 16.1 Å². The van der Waals surface area contributed by atoms with E-state index in [0.717, 1.165) is 0 Å². The van der Waals surface area contributed by atoms with E-state index in [1.807, 2.05) is 0 Å². The highest BCUT2D eigenvalue weighted by atomic mass is 32.1. The van der Waals surface area contributed by atoms with Gasteiger partial charge in [-0.1, -0.05) is 12.2 Å². The quantitative estimate of drug-likeness (QED) is 0.630. The van der Waals surface area contributed by atoms with Crippen LogP contribution in [0.2, 0.25) is 0 Å². The Morgan fingerprint density at radius 1 is 1.64 bits per heavy atom. The highest BCUT2D eigenvalue weighted by Crippen LogP contribution is 2.03. The van der Waals surface area contributed by atoms with Crippen molar-refractivity contribution in [1.82, 2.24) is 4.98 Å². The van der Waals surface area contributed by atoms with Gasteiger partial charge in [-0.3, -0.25) is 0 Å². The predicted molar refractivity (Wildman–Crippen MR) is 43.3 cm³/mol. The molecule has 2 N–H and O–H groups in total. The molecule has 3 nitrogen and oxygen atoms in total. The Labute approximate surface area is 68.7 Å². The predicted octanol–water partition coefficient (Wildman–Crippen LogP) is 1.75. The lowest BCUT2D eigenvalue weighted by atomic mass is 10.2. The first-order chi connectivity index (χ1) is 5.11. The number of pyridine rings is 1. The maximum atomic E-state index is 10.5. The summed E-state index contributed by atoms with van der Waals surface area (Å²) in [6.07, 6.45) is 0. The van der Waals surface area contributed by atoms with E-state index in [1.54, 1.807) is 13.0 Å². The largest absolute Gasteiger partial charge is 0.478 e. The van der Waals surface area contributed by atoms with Crippen molar-refractivity contribution < 1.29 is 9.90 Å². The first-order valence-corrected chi connectivity index (χ1v) is 3.45. The molecule has 0 aliphatic carbocycles. The molecule has 4 heteroatoms. The standard InChI is InChI=1S/C7H7NO2S/c1-4-5(7(9)10)2-3-6(11)8-4/h2-3H,1H3,(H,8,11)(H,9,10). The molecule has 0 aliphatic heterocycles. The van der Waals surface area contributed by atoms with Gasteiger partial charge < -0.3 is 10.1 Å². The average molecular weight is 169 g/mol. The molecule has 11 heavy (non-hydrogen) atoms. The molecule has 0 saturated carbocycles. The van der Waals surface area contributed by atoms with Crippen molar-refractivity contribution in [3.8, 4) is 0 Å². The van der Waals surface area contributed by atoms with Gasteiger partial charge in [0.2, 0.25) is 0 Å². The van der Waals surface area contributed by atoms with Crippen molar-refractivity contribution in [2.75, 3.05) is 0 Å². The summed E-state index contributed by atoms with van der Waals surface area (Å²) in [4.78, 5) is 13.2. The summed E-state index contributed by atoms with van der Waals surface area (Å²) in [6, 6.07) is 3.06. The zero-order chi connectivity index (χ0) is 8.43. The van der Waals surface area contributed by atoms with Gasteiger partial charge in [-0.25, -0.2) is 4.79 Å². The fourth-order valence-electron chi connectivity index (χ4n) is 0.810. The third-order valence-electron chi connectivity index (χ3n) is 1.35. The van der Waals surface area contributed by atoms with Crippen LogP contribution in [0.15, 0.2) is 12.1 Å². The number of carbonyl (C=O) groups is 1. The number of H-pyrrole nitrogens is 1. The molecular formula is C7H7NO2S. The summed E-state index contributed by atoms with van der Waals surface area (Å²) < 4.78 is 0.549. The molecule has 1 aromatic rings. The summed E-state index contributed by atoms with van der Waals surface area (Å²) in [6.45, 7) is 1.68. The van der Waals surface area contributed by atoms with Crippen LogP contribution in [0.4, 0.5) is 0 Å². The normalized spacial score (nSPS) is 9.55. The third-order valence-corrected chi connectivity index (χ3v) is 1.58. The molecule has 1 aromatic heterocycles. The van der Waals surface area contributed by atoms with Crippen molar-refractivity contribution in [2.45, 2.75) is 6.92 Å². The van der Waals surface area contributed by atoms with Gasteiger partial charge in [-0.15, -0.1) is 0 Å². The Hall–Kier alpha value is -1.16. The summed E-state index contributed by atoms with van der Waals surface area (Å²) in [5.41, 5.74) is 0.851. The van der Waals surface area contributed by atoms with E-state index in [0.29, 0.717) is 10.3 Å². The Morgan fingerprint density at radius 2 is 2.27 bits per heavy atom. The van der Waals surface area contributed by atoms with E-state index < -0.39 is 5.97 Å². The molecule has 0 aromatic carbocycles. The lowest BCUT2D eigenvalue weighted by Crippen LogP contribution is -2.00. The van der Waals surface area contributed by atoms with E-state index in [1.165, 1.54) is 6.07 Å². The molecule has 0 atom stereocenters.